The molecular formula is C10H18N4. The normalized spacial score (nSPS) is 10.1. The summed E-state index contributed by atoms with van der Waals surface area (Å²) in [5, 5.41) is 7.92. The van der Waals surface area contributed by atoms with E-state index in [-0.39, 0.29) is 0 Å². The molecule has 0 unspecified atom stereocenters. The molecule has 4 nitrogen and oxygen atoms in total. The molecule has 0 aromatic carbocycles. The molecule has 78 valence electrons. The van der Waals surface area contributed by atoms with E-state index >= 15 is 0 Å². The first-order valence-corrected chi connectivity index (χ1v) is 5.12. The Kier molecular flexibility index (Phi) is 4.16. The van der Waals surface area contributed by atoms with Gasteiger partial charge in [0.2, 0.25) is 0 Å². The third-order valence-corrected chi connectivity index (χ3v) is 1.98. The summed E-state index contributed by atoms with van der Waals surface area (Å²) in [5.74, 6) is 1.39. The molecule has 0 saturated carbocycles. The molecule has 1 rings (SSSR count). The molecule has 4 heteroatoms. The standard InChI is InChI=1S/C10H18N4/c1-3-7-14(8-4-2)10-6-5-9(11)12-13-10/h5-6H,3-4,7-8H2,1-2H3,(H2,11,12). The number of nitrogens with zero attached hydrogens (tertiary/aromatic N) is 3. The molecular weight excluding hydrogens is 176 g/mol. The second kappa shape index (κ2) is 5.42. The fourth-order valence-corrected chi connectivity index (χ4v) is 1.38. The first-order valence-electron chi connectivity index (χ1n) is 5.12. The molecule has 1 aromatic heterocycles. The monoisotopic (exact) mass is 194 g/mol. The zero-order valence-electron chi connectivity index (χ0n) is 8.90. The minimum atomic E-state index is 0.474. The van der Waals surface area contributed by atoms with Crippen LogP contribution in [-0.4, -0.2) is 23.3 Å². The van der Waals surface area contributed by atoms with Gasteiger partial charge in [-0.05, 0) is 25.0 Å². The van der Waals surface area contributed by atoms with Crippen LogP contribution in [-0.2, 0) is 0 Å². The zero-order chi connectivity index (χ0) is 10.4. The summed E-state index contributed by atoms with van der Waals surface area (Å²) in [6.45, 7) is 6.36. The molecule has 2 N–H and O–H groups in total. The Morgan fingerprint density at radius 1 is 1.14 bits per heavy atom. The van der Waals surface area contributed by atoms with Gasteiger partial charge < -0.3 is 10.6 Å². The minimum absolute atomic E-state index is 0.474. The number of rotatable bonds is 5. The SMILES string of the molecule is CCCN(CCC)c1ccc(N)nn1. The number of aromatic nitrogens is 2. The van der Waals surface area contributed by atoms with Crippen molar-refractivity contribution < 1.29 is 0 Å². The molecule has 0 aliphatic carbocycles. The molecule has 0 saturated heterocycles. The number of anilines is 2. The molecule has 0 aliphatic heterocycles. The highest BCUT2D eigenvalue weighted by molar-refractivity contribution is 5.41. The Balaban J connectivity index is 2.71. The van der Waals surface area contributed by atoms with Crippen molar-refractivity contribution in [1.82, 2.24) is 10.2 Å². The van der Waals surface area contributed by atoms with Crippen molar-refractivity contribution in [3.8, 4) is 0 Å². The lowest BCUT2D eigenvalue weighted by Crippen LogP contribution is -2.26. The smallest absolute Gasteiger partial charge is 0.151 e. The van der Waals surface area contributed by atoms with E-state index in [0.29, 0.717) is 5.82 Å². The highest BCUT2D eigenvalue weighted by atomic mass is 15.3. The van der Waals surface area contributed by atoms with Gasteiger partial charge in [0.1, 0.15) is 5.82 Å². The largest absolute Gasteiger partial charge is 0.382 e. The van der Waals surface area contributed by atoms with Gasteiger partial charge in [0.15, 0.2) is 5.82 Å². The Labute approximate surface area is 85.1 Å². The predicted molar refractivity (Wildman–Crippen MR) is 59.2 cm³/mol. The first-order chi connectivity index (χ1) is 6.77. The Morgan fingerprint density at radius 3 is 2.21 bits per heavy atom. The zero-order valence-corrected chi connectivity index (χ0v) is 8.90. The van der Waals surface area contributed by atoms with Crippen molar-refractivity contribution in [3.05, 3.63) is 12.1 Å². The van der Waals surface area contributed by atoms with Gasteiger partial charge in [0.25, 0.3) is 0 Å². The van der Waals surface area contributed by atoms with Crippen molar-refractivity contribution in [1.29, 1.82) is 0 Å². The molecule has 0 spiro atoms. The highest BCUT2D eigenvalue weighted by Crippen LogP contribution is 2.10. The molecule has 0 aliphatic rings. The summed E-state index contributed by atoms with van der Waals surface area (Å²) in [5.41, 5.74) is 5.48. The fourth-order valence-electron chi connectivity index (χ4n) is 1.38. The fraction of sp³-hybridized carbons (Fsp3) is 0.600. The maximum atomic E-state index is 5.48. The molecule has 0 amide bonds. The van der Waals surface area contributed by atoms with Crippen LogP contribution in [0.4, 0.5) is 11.6 Å². The van der Waals surface area contributed by atoms with E-state index in [1.165, 1.54) is 0 Å². The van der Waals surface area contributed by atoms with Crippen molar-refractivity contribution in [3.63, 3.8) is 0 Å². The van der Waals surface area contributed by atoms with E-state index in [9.17, 15) is 0 Å². The number of hydrogen-bond donors (Lipinski definition) is 1. The van der Waals surface area contributed by atoms with Gasteiger partial charge in [-0.2, -0.15) is 0 Å². The van der Waals surface area contributed by atoms with Gasteiger partial charge in [-0.3, -0.25) is 0 Å². The van der Waals surface area contributed by atoms with Crippen molar-refractivity contribution in [2.45, 2.75) is 26.7 Å². The molecule has 0 fully saturated rings. The highest BCUT2D eigenvalue weighted by Gasteiger charge is 2.05. The number of nitrogen functional groups attached to an aromatic ring is 1. The first kappa shape index (κ1) is 10.8. The summed E-state index contributed by atoms with van der Waals surface area (Å²) in [7, 11) is 0. The Morgan fingerprint density at radius 2 is 1.79 bits per heavy atom. The Bertz CT molecular complexity index is 251. The topological polar surface area (TPSA) is 55.0 Å². The van der Waals surface area contributed by atoms with E-state index in [1.54, 1.807) is 6.07 Å². The van der Waals surface area contributed by atoms with Crippen molar-refractivity contribution >= 4 is 11.6 Å². The van der Waals surface area contributed by atoms with E-state index in [4.69, 9.17) is 5.73 Å². The molecule has 1 heterocycles. The van der Waals surface area contributed by atoms with E-state index < -0.39 is 0 Å². The molecule has 1 aromatic rings. The van der Waals surface area contributed by atoms with Crippen LogP contribution in [0.5, 0.6) is 0 Å². The van der Waals surface area contributed by atoms with Gasteiger partial charge in [-0.25, -0.2) is 0 Å². The van der Waals surface area contributed by atoms with Crippen LogP contribution < -0.4 is 10.6 Å². The van der Waals surface area contributed by atoms with Crippen LogP contribution in [0.15, 0.2) is 12.1 Å². The van der Waals surface area contributed by atoms with Crippen LogP contribution in [0.2, 0.25) is 0 Å². The summed E-state index contributed by atoms with van der Waals surface area (Å²) in [6.07, 6.45) is 2.23. The van der Waals surface area contributed by atoms with Gasteiger partial charge >= 0.3 is 0 Å². The third-order valence-electron chi connectivity index (χ3n) is 1.98. The van der Waals surface area contributed by atoms with Crippen molar-refractivity contribution in [2.75, 3.05) is 23.7 Å². The maximum Gasteiger partial charge on any atom is 0.151 e. The number of hydrogen-bond acceptors (Lipinski definition) is 4. The van der Waals surface area contributed by atoms with Gasteiger partial charge in [0, 0.05) is 13.1 Å². The van der Waals surface area contributed by atoms with Crippen LogP contribution in [0.25, 0.3) is 0 Å². The summed E-state index contributed by atoms with van der Waals surface area (Å²) in [6, 6.07) is 3.72. The second-order valence-electron chi connectivity index (χ2n) is 3.30. The average molecular weight is 194 g/mol. The molecule has 0 radical (unpaired) electrons. The van der Waals surface area contributed by atoms with Gasteiger partial charge in [0.05, 0.1) is 0 Å². The Hall–Kier alpha value is -1.32. The van der Waals surface area contributed by atoms with Gasteiger partial charge in [-0.1, -0.05) is 13.8 Å². The predicted octanol–water partition coefficient (Wildman–Crippen LogP) is 1.69. The summed E-state index contributed by atoms with van der Waals surface area (Å²) < 4.78 is 0. The lowest BCUT2D eigenvalue weighted by Gasteiger charge is -2.21. The van der Waals surface area contributed by atoms with E-state index in [1.807, 2.05) is 6.07 Å². The molecule has 0 atom stereocenters. The number of nitrogens with two attached hydrogens (primary N) is 1. The average Bonchev–Trinajstić information content (AvgIpc) is 2.19. The summed E-state index contributed by atoms with van der Waals surface area (Å²) in [4.78, 5) is 2.23. The second-order valence-corrected chi connectivity index (χ2v) is 3.30. The maximum absolute atomic E-state index is 5.48. The lowest BCUT2D eigenvalue weighted by molar-refractivity contribution is 0.726. The quantitative estimate of drug-likeness (QED) is 0.775. The van der Waals surface area contributed by atoms with Crippen LogP contribution >= 0.6 is 0 Å². The third kappa shape index (κ3) is 2.87. The van der Waals surface area contributed by atoms with Crippen molar-refractivity contribution in [2.24, 2.45) is 0 Å². The minimum Gasteiger partial charge on any atom is -0.382 e. The van der Waals surface area contributed by atoms with Gasteiger partial charge in [-0.15, -0.1) is 10.2 Å². The van der Waals surface area contributed by atoms with E-state index in [2.05, 4.69) is 28.9 Å². The van der Waals surface area contributed by atoms with E-state index in [0.717, 1.165) is 31.7 Å². The van der Waals surface area contributed by atoms with Crippen LogP contribution in [0.3, 0.4) is 0 Å². The van der Waals surface area contributed by atoms with Crippen LogP contribution in [0.1, 0.15) is 26.7 Å². The lowest BCUT2D eigenvalue weighted by atomic mass is 10.3. The summed E-state index contributed by atoms with van der Waals surface area (Å²) >= 11 is 0. The molecule has 0 bridgehead atoms. The molecule has 14 heavy (non-hydrogen) atoms. The van der Waals surface area contributed by atoms with Crippen LogP contribution in [0, 0.1) is 0 Å².